The van der Waals surface area contributed by atoms with Gasteiger partial charge in [0, 0.05) is 37.0 Å². The number of pyridine rings is 1. The Kier molecular flexibility index (Phi) is 3.53. The highest BCUT2D eigenvalue weighted by Gasteiger charge is 2.46. The van der Waals surface area contributed by atoms with E-state index in [1.165, 1.54) is 11.8 Å². The monoisotopic (exact) mass is 335 g/mol. The molecule has 2 aromatic rings. The third kappa shape index (κ3) is 2.38. The minimum absolute atomic E-state index is 0.00911. The fraction of sp³-hybridized carbons (Fsp3) is 0.333. The molecule has 2 saturated heterocycles. The van der Waals surface area contributed by atoms with Crippen LogP contribution in [0.3, 0.4) is 0 Å². The lowest BCUT2D eigenvalue weighted by molar-refractivity contribution is -0.135. The maximum absolute atomic E-state index is 13.0. The Morgan fingerprint density at radius 3 is 2.72 bits per heavy atom. The summed E-state index contributed by atoms with van der Waals surface area (Å²) in [6, 6.07) is 9.12. The van der Waals surface area contributed by atoms with Crippen LogP contribution in [-0.4, -0.2) is 58.4 Å². The van der Waals surface area contributed by atoms with Crippen LogP contribution in [0.2, 0.25) is 0 Å². The summed E-state index contributed by atoms with van der Waals surface area (Å²) in [6.45, 7) is 2.92. The van der Waals surface area contributed by atoms with Crippen LogP contribution in [0.25, 0.3) is 10.8 Å². The molecule has 7 heteroatoms. The summed E-state index contributed by atoms with van der Waals surface area (Å²) in [4.78, 5) is 33.5. The molecule has 0 N–H and O–H groups in total. The molecule has 0 spiro atoms. The van der Waals surface area contributed by atoms with Gasteiger partial charge in [-0.25, -0.2) is 4.79 Å². The van der Waals surface area contributed by atoms with Gasteiger partial charge in [0.15, 0.2) is 0 Å². The SMILES string of the molecule is CC(=O)N1CC(N2CC(C#N)N(c3cncc4ccccc34)C2=O)C1. The molecule has 1 aromatic heterocycles. The summed E-state index contributed by atoms with van der Waals surface area (Å²) in [6.07, 6.45) is 3.38. The predicted octanol–water partition coefficient (Wildman–Crippen LogP) is 1.60. The van der Waals surface area contributed by atoms with Crippen LogP contribution in [0.5, 0.6) is 0 Å². The van der Waals surface area contributed by atoms with E-state index in [0.29, 0.717) is 25.3 Å². The van der Waals surface area contributed by atoms with Gasteiger partial charge in [-0.1, -0.05) is 24.3 Å². The van der Waals surface area contributed by atoms with E-state index in [-0.39, 0.29) is 18.0 Å². The Morgan fingerprint density at radius 2 is 2.00 bits per heavy atom. The molecule has 0 radical (unpaired) electrons. The first-order valence-electron chi connectivity index (χ1n) is 8.18. The molecule has 1 unspecified atom stereocenters. The molecule has 1 atom stereocenters. The number of fused-ring (bicyclic) bond motifs is 1. The predicted molar refractivity (Wildman–Crippen MR) is 91.8 cm³/mol. The number of rotatable bonds is 2. The number of nitrogens with zero attached hydrogens (tertiary/aromatic N) is 5. The second kappa shape index (κ2) is 5.74. The first-order chi connectivity index (χ1) is 12.1. The molecule has 0 saturated carbocycles. The molecule has 2 fully saturated rings. The van der Waals surface area contributed by atoms with Crippen molar-refractivity contribution in [2.24, 2.45) is 0 Å². The number of benzene rings is 1. The van der Waals surface area contributed by atoms with Gasteiger partial charge in [0.05, 0.1) is 30.5 Å². The number of hydrogen-bond acceptors (Lipinski definition) is 4. The van der Waals surface area contributed by atoms with Crippen LogP contribution in [-0.2, 0) is 4.79 Å². The summed E-state index contributed by atoms with van der Waals surface area (Å²) in [5.74, 6) is 0.00911. The van der Waals surface area contributed by atoms with Crippen LogP contribution in [0.4, 0.5) is 10.5 Å². The van der Waals surface area contributed by atoms with Crippen molar-refractivity contribution in [2.75, 3.05) is 24.5 Å². The largest absolute Gasteiger partial charge is 0.339 e. The zero-order chi connectivity index (χ0) is 17.6. The highest BCUT2D eigenvalue weighted by molar-refractivity contribution is 6.04. The maximum Gasteiger partial charge on any atom is 0.326 e. The normalized spacial score (nSPS) is 20.7. The second-order valence-electron chi connectivity index (χ2n) is 6.41. The van der Waals surface area contributed by atoms with Gasteiger partial charge in [-0.05, 0) is 0 Å². The Morgan fingerprint density at radius 1 is 1.24 bits per heavy atom. The van der Waals surface area contributed by atoms with Crippen molar-refractivity contribution in [1.82, 2.24) is 14.8 Å². The van der Waals surface area contributed by atoms with Crippen molar-refractivity contribution < 1.29 is 9.59 Å². The third-order valence-corrected chi connectivity index (χ3v) is 4.94. The Labute approximate surface area is 145 Å². The zero-order valence-electron chi connectivity index (χ0n) is 13.8. The number of aromatic nitrogens is 1. The van der Waals surface area contributed by atoms with Crippen molar-refractivity contribution in [3.05, 3.63) is 36.7 Å². The van der Waals surface area contributed by atoms with Gasteiger partial charge in [-0.2, -0.15) is 5.26 Å². The maximum atomic E-state index is 13.0. The first kappa shape index (κ1) is 15.4. The van der Waals surface area contributed by atoms with Crippen LogP contribution in [0.15, 0.2) is 36.7 Å². The number of hydrogen-bond donors (Lipinski definition) is 0. The lowest BCUT2D eigenvalue weighted by Gasteiger charge is -2.43. The minimum Gasteiger partial charge on any atom is -0.339 e. The van der Waals surface area contributed by atoms with Gasteiger partial charge >= 0.3 is 6.03 Å². The number of urea groups is 1. The minimum atomic E-state index is -0.563. The molecule has 3 amide bonds. The number of nitriles is 1. The Bertz CT molecular complexity index is 894. The second-order valence-corrected chi connectivity index (χ2v) is 6.41. The van der Waals surface area contributed by atoms with Crippen molar-refractivity contribution in [3.8, 4) is 6.07 Å². The summed E-state index contributed by atoms with van der Waals surface area (Å²) >= 11 is 0. The molecule has 0 bridgehead atoms. The van der Waals surface area contributed by atoms with Gasteiger partial charge in [0.25, 0.3) is 0 Å². The van der Waals surface area contributed by atoms with Crippen LogP contribution in [0, 0.1) is 11.3 Å². The van der Waals surface area contributed by atoms with Crippen molar-refractivity contribution >= 4 is 28.4 Å². The van der Waals surface area contributed by atoms with Crippen molar-refractivity contribution in [3.63, 3.8) is 0 Å². The average molecular weight is 335 g/mol. The van der Waals surface area contributed by atoms with E-state index >= 15 is 0 Å². The quantitative estimate of drug-likeness (QED) is 0.835. The van der Waals surface area contributed by atoms with Crippen LogP contribution >= 0.6 is 0 Å². The molecular weight excluding hydrogens is 318 g/mol. The fourth-order valence-corrected chi connectivity index (χ4v) is 3.49. The fourth-order valence-electron chi connectivity index (χ4n) is 3.49. The standard InChI is InChI=1S/C18H17N5O2/c1-12(24)21-9-15(10-21)22-11-14(6-19)23(18(22)25)17-8-20-7-13-4-2-3-5-16(13)17/h2-5,7-8,14-15H,9-11H2,1H3. The van der Waals surface area contributed by atoms with Gasteiger partial charge < -0.3 is 9.80 Å². The van der Waals surface area contributed by atoms with Crippen LogP contribution in [0.1, 0.15) is 6.92 Å². The van der Waals surface area contributed by atoms with E-state index in [1.54, 1.807) is 22.2 Å². The summed E-state index contributed by atoms with van der Waals surface area (Å²) in [5.41, 5.74) is 0.653. The number of amides is 3. The summed E-state index contributed by atoms with van der Waals surface area (Å²) in [7, 11) is 0. The van der Waals surface area contributed by atoms with Gasteiger partial charge in [0.2, 0.25) is 5.91 Å². The summed E-state index contributed by atoms with van der Waals surface area (Å²) < 4.78 is 0. The lowest BCUT2D eigenvalue weighted by Crippen LogP contribution is -2.61. The van der Waals surface area contributed by atoms with Crippen LogP contribution < -0.4 is 4.90 Å². The highest BCUT2D eigenvalue weighted by atomic mass is 16.2. The van der Waals surface area contributed by atoms with Gasteiger partial charge in [-0.15, -0.1) is 0 Å². The van der Waals surface area contributed by atoms with E-state index in [9.17, 15) is 14.9 Å². The molecule has 25 heavy (non-hydrogen) atoms. The van der Waals surface area contributed by atoms with E-state index in [1.807, 2.05) is 24.3 Å². The molecule has 1 aromatic carbocycles. The molecule has 7 nitrogen and oxygen atoms in total. The van der Waals surface area contributed by atoms with Crippen molar-refractivity contribution in [2.45, 2.75) is 19.0 Å². The molecule has 3 heterocycles. The molecular formula is C18H17N5O2. The molecule has 2 aliphatic rings. The Balaban J connectivity index is 1.66. The Hall–Kier alpha value is -3.14. The molecule has 2 aliphatic heterocycles. The van der Waals surface area contributed by atoms with E-state index in [0.717, 1.165) is 10.8 Å². The van der Waals surface area contributed by atoms with E-state index in [4.69, 9.17) is 0 Å². The molecule has 126 valence electrons. The smallest absolute Gasteiger partial charge is 0.326 e. The van der Waals surface area contributed by atoms with Gasteiger partial charge in [-0.3, -0.25) is 14.7 Å². The molecule has 4 rings (SSSR count). The number of carbonyl (C=O) groups excluding carboxylic acids is 2. The third-order valence-electron chi connectivity index (χ3n) is 4.94. The van der Waals surface area contributed by atoms with E-state index in [2.05, 4.69) is 11.1 Å². The van der Waals surface area contributed by atoms with Crippen molar-refractivity contribution in [1.29, 1.82) is 5.26 Å². The van der Waals surface area contributed by atoms with Gasteiger partial charge in [0.1, 0.15) is 6.04 Å². The lowest BCUT2D eigenvalue weighted by atomic mass is 10.1. The number of carbonyl (C=O) groups is 2. The number of anilines is 1. The number of likely N-dealkylation sites (tertiary alicyclic amines) is 1. The summed E-state index contributed by atoms with van der Waals surface area (Å²) in [5, 5.41) is 11.4. The topological polar surface area (TPSA) is 80.5 Å². The van der Waals surface area contributed by atoms with E-state index < -0.39 is 6.04 Å². The molecule has 0 aliphatic carbocycles. The highest BCUT2D eigenvalue weighted by Crippen LogP contribution is 2.32. The average Bonchev–Trinajstić information content (AvgIpc) is 2.89. The first-order valence-corrected chi connectivity index (χ1v) is 8.18. The zero-order valence-corrected chi connectivity index (χ0v) is 13.8.